The summed E-state index contributed by atoms with van der Waals surface area (Å²) < 4.78 is 5.33. The Balaban J connectivity index is 1.69. The van der Waals surface area contributed by atoms with Crippen molar-refractivity contribution in [3.8, 4) is 5.75 Å². The predicted molar refractivity (Wildman–Crippen MR) is 104 cm³/mol. The molecule has 3 rings (SSSR count). The van der Waals surface area contributed by atoms with Gasteiger partial charge in [0.05, 0.1) is 12.0 Å². The van der Waals surface area contributed by atoms with Crippen LogP contribution in [0.1, 0.15) is 37.7 Å². The Bertz CT molecular complexity index is 778. The molecule has 2 N–H and O–H groups in total. The number of benzene rings is 1. The van der Waals surface area contributed by atoms with Gasteiger partial charge in [-0.05, 0) is 24.8 Å². The zero-order chi connectivity index (χ0) is 19.1. The highest BCUT2D eigenvalue weighted by atomic mass is 16.6. The van der Waals surface area contributed by atoms with Gasteiger partial charge in [-0.15, -0.1) is 0 Å². The average Bonchev–Trinajstić information content (AvgIpc) is 2.71. The van der Waals surface area contributed by atoms with Crippen molar-refractivity contribution >= 4 is 17.5 Å². The molecule has 144 valence electrons. The molecular weight excluding hydrogens is 346 g/mol. The molecule has 8 heteroatoms. The van der Waals surface area contributed by atoms with Crippen molar-refractivity contribution < 1.29 is 9.66 Å². The Labute approximate surface area is 158 Å². The first-order chi connectivity index (χ1) is 13.2. The van der Waals surface area contributed by atoms with Crippen LogP contribution >= 0.6 is 0 Å². The Morgan fingerprint density at radius 2 is 2.00 bits per heavy atom. The van der Waals surface area contributed by atoms with Crippen LogP contribution in [-0.4, -0.2) is 28.5 Å². The van der Waals surface area contributed by atoms with Crippen molar-refractivity contribution in [2.75, 3.05) is 24.3 Å². The summed E-state index contributed by atoms with van der Waals surface area (Å²) in [5.41, 5.74) is 0.854. The van der Waals surface area contributed by atoms with Crippen molar-refractivity contribution in [1.29, 1.82) is 0 Å². The van der Waals surface area contributed by atoms with Gasteiger partial charge < -0.3 is 15.4 Å². The van der Waals surface area contributed by atoms with E-state index in [0.29, 0.717) is 25.0 Å². The molecule has 27 heavy (non-hydrogen) atoms. The molecule has 0 bridgehead atoms. The highest BCUT2D eigenvalue weighted by Gasteiger charge is 2.20. The number of hydrogen-bond donors (Lipinski definition) is 2. The lowest BCUT2D eigenvalue weighted by Gasteiger charge is -2.21. The van der Waals surface area contributed by atoms with Gasteiger partial charge in [0.15, 0.2) is 0 Å². The smallest absolute Gasteiger partial charge is 0.329 e. The Morgan fingerprint density at radius 1 is 1.22 bits per heavy atom. The summed E-state index contributed by atoms with van der Waals surface area (Å²) in [4.78, 5) is 19.3. The van der Waals surface area contributed by atoms with Crippen molar-refractivity contribution in [2.45, 2.75) is 38.6 Å². The third-order valence-corrected chi connectivity index (χ3v) is 4.88. The third kappa shape index (κ3) is 5.06. The number of nitro groups is 1. The van der Waals surface area contributed by atoms with Crippen LogP contribution in [0.3, 0.4) is 0 Å². The van der Waals surface area contributed by atoms with E-state index in [2.05, 4.69) is 20.6 Å². The number of rotatable bonds is 8. The summed E-state index contributed by atoms with van der Waals surface area (Å²) in [6, 6.07) is 7.65. The Morgan fingerprint density at radius 3 is 2.74 bits per heavy atom. The molecule has 0 radical (unpaired) electrons. The summed E-state index contributed by atoms with van der Waals surface area (Å²) >= 11 is 0. The monoisotopic (exact) mass is 371 g/mol. The SMILES string of the molecule is COc1ccccc1CNc1ncc([N+](=O)[O-])c(NCC2CCCCC2)n1. The fourth-order valence-electron chi connectivity index (χ4n) is 3.38. The molecule has 0 amide bonds. The minimum absolute atomic E-state index is 0.103. The van der Waals surface area contributed by atoms with E-state index in [1.165, 1.54) is 25.5 Å². The molecule has 0 unspecified atom stereocenters. The Kier molecular flexibility index (Phi) is 6.40. The average molecular weight is 371 g/mol. The predicted octanol–water partition coefficient (Wildman–Crippen LogP) is 4.00. The third-order valence-electron chi connectivity index (χ3n) is 4.88. The molecule has 1 aromatic carbocycles. The van der Waals surface area contributed by atoms with Crippen LogP contribution in [0.25, 0.3) is 0 Å². The molecule has 1 aliphatic rings. The summed E-state index contributed by atoms with van der Waals surface area (Å²) in [6.07, 6.45) is 7.30. The van der Waals surface area contributed by atoms with Crippen molar-refractivity contribution in [3.63, 3.8) is 0 Å². The molecule has 1 aliphatic carbocycles. The molecule has 0 atom stereocenters. The van der Waals surface area contributed by atoms with Gasteiger partial charge in [-0.1, -0.05) is 37.5 Å². The van der Waals surface area contributed by atoms with Crippen LogP contribution in [0.15, 0.2) is 30.5 Å². The van der Waals surface area contributed by atoms with Gasteiger partial charge in [-0.3, -0.25) is 10.1 Å². The fourth-order valence-corrected chi connectivity index (χ4v) is 3.38. The first-order valence-corrected chi connectivity index (χ1v) is 9.28. The minimum atomic E-state index is -0.451. The van der Waals surface area contributed by atoms with Crippen molar-refractivity contribution in [3.05, 3.63) is 46.1 Å². The van der Waals surface area contributed by atoms with Gasteiger partial charge >= 0.3 is 5.69 Å². The quantitative estimate of drug-likeness (QED) is 0.534. The fraction of sp³-hybridized carbons (Fsp3) is 0.474. The lowest BCUT2D eigenvalue weighted by atomic mass is 9.89. The number of ether oxygens (including phenoxy) is 1. The summed E-state index contributed by atoms with van der Waals surface area (Å²) in [7, 11) is 1.62. The van der Waals surface area contributed by atoms with Gasteiger partial charge in [0, 0.05) is 18.7 Å². The number of hydrogen-bond acceptors (Lipinski definition) is 7. The maximum Gasteiger partial charge on any atom is 0.329 e. The van der Waals surface area contributed by atoms with E-state index in [0.717, 1.165) is 24.2 Å². The molecule has 0 spiro atoms. The Hall–Kier alpha value is -2.90. The van der Waals surface area contributed by atoms with E-state index in [-0.39, 0.29) is 11.5 Å². The van der Waals surface area contributed by atoms with Crippen LogP contribution in [0.4, 0.5) is 17.5 Å². The normalized spacial score (nSPS) is 14.6. The van der Waals surface area contributed by atoms with Gasteiger partial charge in [-0.25, -0.2) is 4.98 Å². The highest BCUT2D eigenvalue weighted by Crippen LogP contribution is 2.27. The van der Waals surface area contributed by atoms with Crippen LogP contribution in [-0.2, 0) is 6.54 Å². The second kappa shape index (κ2) is 9.16. The van der Waals surface area contributed by atoms with Gasteiger partial charge in [0.25, 0.3) is 0 Å². The van der Waals surface area contributed by atoms with E-state index >= 15 is 0 Å². The minimum Gasteiger partial charge on any atom is -0.496 e. The molecule has 1 aromatic heterocycles. The number of anilines is 2. The zero-order valence-corrected chi connectivity index (χ0v) is 15.5. The number of nitrogens with zero attached hydrogens (tertiary/aromatic N) is 3. The van der Waals surface area contributed by atoms with Crippen molar-refractivity contribution in [2.24, 2.45) is 5.92 Å². The van der Waals surface area contributed by atoms with Crippen molar-refractivity contribution in [1.82, 2.24) is 9.97 Å². The molecule has 0 aliphatic heterocycles. The second-order valence-electron chi connectivity index (χ2n) is 6.73. The largest absolute Gasteiger partial charge is 0.496 e. The summed E-state index contributed by atoms with van der Waals surface area (Å²) in [5.74, 6) is 1.92. The van der Waals surface area contributed by atoms with E-state index < -0.39 is 4.92 Å². The maximum atomic E-state index is 11.3. The summed E-state index contributed by atoms with van der Waals surface area (Å²) in [6.45, 7) is 1.16. The molecule has 1 saturated carbocycles. The number of methoxy groups -OCH3 is 1. The zero-order valence-electron chi connectivity index (χ0n) is 15.5. The summed E-state index contributed by atoms with van der Waals surface area (Å²) in [5, 5.41) is 17.6. The van der Waals surface area contributed by atoms with E-state index in [4.69, 9.17) is 4.74 Å². The molecule has 0 saturated heterocycles. The van der Waals surface area contributed by atoms with E-state index in [1.807, 2.05) is 24.3 Å². The van der Waals surface area contributed by atoms with Crippen LogP contribution < -0.4 is 15.4 Å². The molecule has 1 heterocycles. The van der Waals surface area contributed by atoms with Gasteiger partial charge in [-0.2, -0.15) is 4.98 Å². The van der Waals surface area contributed by atoms with Crippen LogP contribution in [0, 0.1) is 16.0 Å². The topological polar surface area (TPSA) is 102 Å². The first kappa shape index (κ1) is 18.9. The standard InChI is InChI=1S/C19H25N5O3/c1-27-17-10-6-5-9-15(17)12-21-19-22-13-16(24(25)26)18(23-19)20-11-14-7-3-2-4-8-14/h5-6,9-10,13-14H,2-4,7-8,11-12H2,1H3,(H2,20,21,22,23). The number of para-hydroxylation sites is 1. The van der Waals surface area contributed by atoms with Gasteiger partial charge in [0.1, 0.15) is 11.9 Å². The van der Waals surface area contributed by atoms with E-state index in [9.17, 15) is 10.1 Å². The maximum absolute atomic E-state index is 11.3. The first-order valence-electron chi connectivity index (χ1n) is 9.28. The molecule has 1 fully saturated rings. The molecular formula is C19H25N5O3. The van der Waals surface area contributed by atoms with Crippen LogP contribution in [0.2, 0.25) is 0 Å². The number of nitrogens with one attached hydrogen (secondary N) is 2. The molecule has 8 nitrogen and oxygen atoms in total. The number of aromatic nitrogens is 2. The molecule has 2 aromatic rings. The lowest BCUT2D eigenvalue weighted by Crippen LogP contribution is -2.19. The second-order valence-corrected chi connectivity index (χ2v) is 6.73. The van der Waals surface area contributed by atoms with Gasteiger partial charge in [0.2, 0.25) is 11.8 Å². The lowest BCUT2D eigenvalue weighted by molar-refractivity contribution is -0.384. The van der Waals surface area contributed by atoms with Crippen LogP contribution in [0.5, 0.6) is 5.75 Å². The highest BCUT2D eigenvalue weighted by molar-refractivity contribution is 5.57. The van der Waals surface area contributed by atoms with E-state index in [1.54, 1.807) is 7.11 Å².